The summed E-state index contributed by atoms with van der Waals surface area (Å²) in [7, 11) is 3.32. The van der Waals surface area contributed by atoms with E-state index in [1.807, 2.05) is 37.5 Å². The average Bonchev–Trinajstić information content (AvgIpc) is 3.01. The molecule has 43 heavy (non-hydrogen) atoms. The molecule has 0 radical (unpaired) electrons. The highest BCUT2D eigenvalue weighted by molar-refractivity contribution is 9.10. The Labute approximate surface area is 262 Å². The molecule has 0 amide bonds. The highest BCUT2D eigenvalue weighted by Crippen LogP contribution is 2.38. The molecular weight excluding hydrogens is 627 g/mol. The molecule has 1 fully saturated rings. The topological polar surface area (TPSA) is 136 Å². The molecule has 13 heteroatoms. The van der Waals surface area contributed by atoms with Crippen molar-refractivity contribution in [2.75, 3.05) is 69.2 Å². The van der Waals surface area contributed by atoms with Crippen LogP contribution in [0.3, 0.4) is 0 Å². The van der Waals surface area contributed by atoms with Gasteiger partial charge in [0.05, 0.1) is 28.7 Å². The van der Waals surface area contributed by atoms with Gasteiger partial charge in [0.1, 0.15) is 11.6 Å². The van der Waals surface area contributed by atoms with Crippen LogP contribution in [0.25, 0.3) is 11.6 Å². The number of allylic oxidation sites excluding steroid dienone is 2. The molecule has 0 unspecified atom stereocenters. The summed E-state index contributed by atoms with van der Waals surface area (Å²) in [5.41, 5.74) is 5.74. The van der Waals surface area contributed by atoms with Gasteiger partial charge in [0.2, 0.25) is 5.95 Å². The molecule has 0 spiro atoms. The maximum absolute atomic E-state index is 8.07. The molecule has 11 nitrogen and oxygen atoms in total. The van der Waals surface area contributed by atoms with Gasteiger partial charge in [-0.1, -0.05) is 6.58 Å². The van der Waals surface area contributed by atoms with Crippen LogP contribution >= 0.6 is 23.9 Å². The standard InChI is InChI=1S/C30H38BrN10OP/c1-20(6-7-24-26(19-43(4)5)36-9-8-35-24)38-29-23(31)18-37-30(40-29)39-25-14-22(21(16-32)17-33-2)27(15-28(25)42-3)41-12-10-34-11-13-41/h6-9,14-18,32-34H,1,10-13,19H2,2-5H3,(H2,37,38,39,40)/b7-6-,21-17+,32-16?. The van der Waals surface area contributed by atoms with Crippen LogP contribution in [0.4, 0.5) is 23.1 Å². The molecule has 226 valence electrons. The second-order valence-electron chi connectivity index (χ2n) is 9.96. The van der Waals surface area contributed by atoms with Crippen molar-refractivity contribution in [3.63, 3.8) is 0 Å². The van der Waals surface area contributed by atoms with Gasteiger partial charge in [0.15, 0.2) is 0 Å². The summed E-state index contributed by atoms with van der Waals surface area (Å²) < 4.78 is 6.47. The van der Waals surface area contributed by atoms with Crippen molar-refractivity contribution in [2.45, 2.75) is 6.16 Å². The first-order valence-electron chi connectivity index (χ1n) is 13.8. The Balaban J connectivity index is 1.60. The minimum Gasteiger partial charge on any atom is -0.494 e. The van der Waals surface area contributed by atoms with E-state index in [1.165, 1.54) is 6.21 Å². The predicted molar refractivity (Wildman–Crippen MR) is 183 cm³/mol. The number of hydrogen-bond acceptors (Lipinski definition) is 11. The van der Waals surface area contributed by atoms with Crippen molar-refractivity contribution in [3.05, 3.63) is 76.7 Å². The fourth-order valence-electron chi connectivity index (χ4n) is 4.53. The average molecular weight is 666 g/mol. The van der Waals surface area contributed by atoms with Crippen LogP contribution in [-0.2, 0) is 6.16 Å². The van der Waals surface area contributed by atoms with Gasteiger partial charge in [-0.25, -0.2) is 4.98 Å². The predicted octanol–water partition coefficient (Wildman–Crippen LogP) is 5.28. The van der Waals surface area contributed by atoms with Gasteiger partial charge in [-0.15, -0.1) is 7.92 Å². The number of hydrogen-bond donors (Lipinski definition) is 5. The molecule has 0 bridgehead atoms. The normalized spacial score (nSPS) is 13.7. The summed E-state index contributed by atoms with van der Waals surface area (Å²) in [6, 6.07) is 3.98. The van der Waals surface area contributed by atoms with E-state index in [-0.39, 0.29) is 7.92 Å². The highest BCUT2D eigenvalue weighted by Gasteiger charge is 2.20. The van der Waals surface area contributed by atoms with Crippen molar-refractivity contribution in [1.82, 2.24) is 30.6 Å². The quantitative estimate of drug-likeness (QED) is 0.0933. The van der Waals surface area contributed by atoms with Crippen molar-refractivity contribution in [3.8, 4) is 5.75 Å². The number of nitrogens with zero attached hydrogens (tertiary/aromatic N) is 5. The fourth-order valence-corrected chi connectivity index (χ4v) is 5.67. The SMILES string of the molecule is C=C(/C=C\c1nccnc1CP(C)C)Nc1nc(Nc2cc(/C(C=N)=C/NC)c(N3CCNCC3)cc2OC)ncc1Br. The molecule has 0 atom stereocenters. The van der Waals surface area contributed by atoms with Crippen LogP contribution in [0, 0.1) is 5.41 Å². The van der Waals surface area contributed by atoms with E-state index in [2.05, 4.69) is 77.0 Å². The number of nitrogens with one attached hydrogen (secondary N) is 5. The Morgan fingerprint density at radius 1 is 1.21 bits per heavy atom. The minimum atomic E-state index is -0.142. The number of methoxy groups -OCH3 is 1. The molecule has 3 aromatic rings. The molecule has 5 N–H and O–H groups in total. The Morgan fingerprint density at radius 3 is 2.67 bits per heavy atom. The lowest BCUT2D eigenvalue weighted by atomic mass is 10.0. The van der Waals surface area contributed by atoms with E-state index < -0.39 is 0 Å². The summed E-state index contributed by atoms with van der Waals surface area (Å²) in [4.78, 5) is 20.5. The van der Waals surface area contributed by atoms with E-state index >= 15 is 0 Å². The lowest BCUT2D eigenvalue weighted by Gasteiger charge is -2.32. The zero-order chi connectivity index (χ0) is 30.8. The van der Waals surface area contributed by atoms with Gasteiger partial charge in [-0.3, -0.25) is 9.97 Å². The number of anilines is 4. The molecule has 1 aliphatic rings. The zero-order valence-electron chi connectivity index (χ0n) is 24.9. The number of rotatable bonds is 13. The smallest absolute Gasteiger partial charge is 0.229 e. The van der Waals surface area contributed by atoms with Gasteiger partial charge >= 0.3 is 0 Å². The van der Waals surface area contributed by atoms with Gasteiger partial charge in [-0.2, -0.15) is 4.98 Å². The van der Waals surface area contributed by atoms with Crippen LogP contribution in [0.1, 0.15) is 17.0 Å². The van der Waals surface area contributed by atoms with Crippen molar-refractivity contribution in [2.24, 2.45) is 0 Å². The van der Waals surface area contributed by atoms with E-state index in [0.717, 1.165) is 60.6 Å². The van der Waals surface area contributed by atoms with Crippen LogP contribution < -0.4 is 30.9 Å². The molecule has 0 aliphatic carbocycles. The summed E-state index contributed by atoms with van der Waals surface area (Å²) in [5.74, 6) is 1.55. The summed E-state index contributed by atoms with van der Waals surface area (Å²) in [6.07, 6.45) is 12.9. The largest absolute Gasteiger partial charge is 0.494 e. The monoisotopic (exact) mass is 664 g/mol. The number of aromatic nitrogens is 4. The summed E-state index contributed by atoms with van der Waals surface area (Å²) in [5, 5.41) is 21.1. The zero-order valence-corrected chi connectivity index (χ0v) is 27.4. The third kappa shape index (κ3) is 8.59. The van der Waals surface area contributed by atoms with E-state index in [9.17, 15) is 0 Å². The van der Waals surface area contributed by atoms with Gasteiger partial charge in [0.25, 0.3) is 0 Å². The third-order valence-electron chi connectivity index (χ3n) is 6.53. The van der Waals surface area contributed by atoms with Crippen molar-refractivity contribution < 1.29 is 4.74 Å². The molecule has 3 heterocycles. The number of ether oxygens (including phenoxy) is 1. The number of piperazine rings is 1. The van der Waals surface area contributed by atoms with E-state index in [1.54, 1.807) is 25.7 Å². The Morgan fingerprint density at radius 2 is 1.98 bits per heavy atom. The third-order valence-corrected chi connectivity index (χ3v) is 8.04. The molecule has 0 saturated carbocycles. The van der Waals surface area contributed by atoms with Crippen LogP contribution in [-0.4, -0.2) is 79.8 Å². The van der Waals surface area contributed by atoms with Crippen molar-refractivity contribution >= 4 is 64.9 Å². The number of halogens is 1. The molecule has 1 saturated heterocycles. The second-order valence-corrected chi connectivity index (χ2v) is 13.3. The van der Waals surface area contributed by atoms with Crippen LogP contribution in [0.5, 0.6) is 5.75 Å². The first-order chi connectivity index (χ1) is 20.8. The fraction of sp³-hybridized carbons (Fsp3) is 0.300. The van der Waals surface area contributed by atoms with Gasteiger partial charge in [-0.05, 0) is 47.5 Å². The maximum atomic E-state index is 8.07. The highest BCUT2D eigenvalue weighted by atomic mass is 79.9. The molecule has 1 aliphatic heterocycles. The van der Waals surface area contributed by atoms with E-state index in [0.29, 0.717) is 33.4 Å². The second kappa shape index (κ2) is 15.6. The van der Waals surface area contributed by atoms with Gasteiger partial charge in [0, 0.05) is 99.0 Å². The first-order valence-corrected chi connectivity index (χ1v) is 17.0. The minimum absolute atomic E-state index is 0.142. The van der Waals surface area contributed by atoms with Crippen LogP contribution in [0.2, 0.25) is 0 Å². The summed E-state index contributed by atoms with van der Waals surface area (Å²) >= 11 is 3.54. The number of benzene rings is 1. The Bertz CT molecular complexity index is 1500. The lowest BCUT2D eigenvalue weighted by Crippen LogP contribution is -2.43. The maximum Gasteiger partial charge on any atom is 0.229 e. The first kappa shape index (κ1) is 32.1. The van der Waals surface area contributed by atoms with E-state index in [4.69, 9.17) is 15.1 Å². The Hall–Kier alpha value is -3.86. The molecular formula is C30H38BrN10OP. The summed E-state index contributed by atoms with van der Waals surface area (Å²) in [6.45, 7) is 12.1. The Kier molecular flexibility index (Phi) is 11.6. The lowest BCUT2D eigenvalue weighted by molar-refractivity contribution is 0.416. The van der Waals surface area contributed by atoms with Gasteiger partial charge < -0.3 is 36.3 Å². The van der Waals surface area contributed by atoms with Crippen molar-refractivity contribution in [1.29, 1.82) is 5.41 Å². The molecule has 1 aromatic carbocycles. The molecule has 2 aromatic heterocycles. The van der Waals surface area contributed by atoms with Crippen LogP contribution in [0.15, 0.2) is 59.7 Å². The molecule has 4 rings (SSSR count).